The summed E-state index contributed by atoms with van der Waals surface area (Å²) in [7, 11) is 2.99. The number of hydrogen-bond acceptors (Lipinski definition) is 7. The van der Waals surface area contributed by atoms with E-state index < -0.39 is 35.9 Å². The molecule has 2 aliphatic rings. The Labute approximate surface area is 161 Å². The number of aliphatic hydroxyl groups excluding tert-OH is 1. The van der Waals surface area contributed by atoms with Crippen LogP contribution >= 0.6 is 0 Å². The van der Waals surface area contributed by atoms with Gasteiger partial charge in [0.05, 0.1) is 31.2 Å². The highest BCUT2D eigenvalue weighted by molar-refractivity contribution is 5.95. The molecule has 0 bridgehead atoms. The SMILES string of the molecule is COc1cc2c(cc1OC)C1N(C=C(C(=O)O)C1(C=O)CC(O)C(N)=O)CC2. The molecule has 9 nitrogen and oxygen atoms in total. The maximum Gasteiger partial charge on any atom is 0.334 e. The first-order chi connectivity index (χ1) is 13.3. The van der Waals surface area contributed by atoms with Crippen LogP contribution in [0, 0.1) is 5.41 Å². The molecule has 3 unspecified atom stereocenters. The zero-order chi connectivity index (χ0) is 20.6. The zero-order valence-electron chi connectivity index (χ0n) is 15.5. The minimum Gasteiger partial charge on any atom is -0.493 e. The summed E-state index contributed by atoms with van der Waals surface area (Å²) in [6, 6.07) is 2.79. The molecule has 3 atom stereocenters. The van der Waals surface area contributed by atoms with Crippen molar-refractivity contribution in [3.63, 3.8) is 0 Å². The highest BCUT2D eigenvalue weighted by atomic mass is 16.5. The number of hydrogen-bond donors (Lipinski definition) is 3. The van der Waals surface area contributed by atoms with Crippen LogP contribution in [-0.2, 0) is 20.8 Å². The normalized spacial score (nSPS) is 23.9. The molecular weight excluding hydrogens is 368 g/mol. The molecule has 0 fully saturated rings. The number of nitrogens with zero attached hydrogens (tertiary/aromatic N) is 1. The van der Waals surface area contributed by atoms with E-state index in [1.54, 1.807) is 17.0 Å². The third-order valence-corrected chi connectivity index (χ3v) is 5.50. The first-order valence-electron chi connectivity index (χ1n) is 8.69. The number of carbonyl (C=O) groups excluding carboxylic acids is 2. The lowest BCUT2D eigenvalue weighted by Crippen LogP contribution is -2.44. The number of methoxy groups -OCH3 is 2. The van der Waals surface area contributed by atoms with Gasteiger partial charge in [-0.25, -0.2) is 4.79 Å². The monoisotopic (exact) mass is 390 g/mol. The van der Waals surface area contributed by atoms with E-state index in [2.05, 4.69) is 0 Å². The first-order valence-corrected chi connectivity index (χ1v) is 8.69. The van der Waals surface area contributed by atoms with Crippen LogP contribution in [0.4, 0.5) is 0 Å². The first kappa shape index (κ1) is 19.7. The van der Waals surface area contributed by atoms with Gasteiger partial charge in [-0.1, -0.05) is 0 Å². The Balaban J connectivity index is 2.20. The van der Waals surface area contributed by atoms with Gasteiger partial charge in [-0.3, -0.25) is 4.79 Å². The van der Waals surface area contributed by atoms with Crippen LogP contribution in [0.3, 0.4) is 0 Å². The van der Waals surface area contributed by atoms with Crippen LogP contribution in [0.5, 0.6) is 11.5 Å². The van der Waals surface area contributed by atoms with E-state index in [-0.39, 0.29) is 5.57 Å². The number of benzene rings is 1. The third kappa shape index (κ3) is 2.88. The van der Waals surface area contributed by atoms with Crippen LogP contribution in [0.25, 0.3) is 0 Å². The molecule has 4 N–H and O–H groups in total. The fraction of sp³-hybridized carbons (Fsp3) is 0.421. The van der Waals surface area contributed by atoms with Crippen LogP contribution in [-0.4, -0.2) is 60.1 Å². The van der Waals surface area contributed by atoms with E-state index in [1.807, 2.05) is 0 Å². The van der Waals surface area contributed by atoms with E-state index in [4.69, 9.17) is 15.2 Å². The van der Waals surface area contributed by atoms with Crippen molar-refractivity contribution in [1.29, 1.82) is 0 Å². The van der Waals surface area contributed by atoms with E-state index >= 15 is 0 Å². The molecule has 0 saturated carbocycles. The van der Waals surface area contributed by atoms with E-state index in [0.29, 0.717) is 36.3 Å². The summed E-state index contributed by atoms with van der Waals surface area (Å²) in [5.41, 5.74) is 4.90. The molecule has 28 heavy (non-hydrogen) atoms. The predicted octanol–water partition coefficient (Wildman–Crippen LogP) is 0.00670. The van der Waals surface area contributed by atoms with Gasteiger partial charge in [0.25, 0.3) is 0 Å². The molecule has 9 heteroatoms. The predicted molar refractivity (Wildman–Crippen MR) is 96.7 cm³/mol. The van der Waals surface area contributed by atoms with Gasteiger partial charge >= 0.3 is 5.97 Å². The van der Waals surface area contributed by atoms with E-state index in [0.717, 1.165) is 5.56 Å². The van der Waals surface area contributed by atoms with Gasteiger partial charge in [0.1, 0.15) is 12.4 Å². The highest BCUT2D eigenvalue weighted by Crippen LogP contribution is 2.54. The van der Waals surface area contributed by atoms with Gasteiger partial charge in [-0.05, 0) is 29.7 Å². The highest BCUT2D eigenvalue weighted by Gasteiger charge is 2.55. The summed E-state index contributed by atoms with van der Waals surface area (Å²) < 4.78 is 10.7. The number of carbonyl (C=O) groups is 3. The standard InChI is InChI=1S/C19H22N2O7/c1-27-14-5-10-3-4-21-8-12(18(25)26)19(9-22,7-13(23)17(20)24)16(21)11(10)6-15(14)28-2/h5-6,8-9,13,16,23H,3-4,7H2,1-2H3,(H2,20,24)(H,25,26). The number of primary amides is 1. The molecule has 2 aliphatic heterocycles. The Morgan fingerprint density at radius 2 is 2.00 bits per heavy atom. The van der Waals surface area contributed by atoms with Crippen molar-refractivity contribution < 1.29 is 34.1 Å². The van der Waals surface area contributed by atoms with Crippen molar-refractivity contribution in [2.45, 2.75) is 25.0 Å². The lowest BCUT2D eigenvalue weighted by atomic mass is 9.69. The molecule has 1 aromatic rings. The maximum atomic E-state index is 12.3. The van der Waals surface area contributed by atoms with Gasteiger partial charge in [-0.2, -0.15) is 0 Å². The van der Waals surface area contributed by atoms with Crippen molar-refractivity contribution in [3.8, 4) is 11.5 Å². The molecule has 150 valence electrons. The fourth-order valence-corrected chi connectivity index (χ4v) is 4.18. The molecule has 0 aliphatic carbocycles. The van der Waals surface area contributed by atoms with Crippen molar-refractivity contribution >= 4 is 18.2 Å². The summed E-state index contributed by atoms with van der Waals surface area (Å²) in [4.78, 5) is 37.4. The minimum absolute atomic E-state index is 0.185. The van der Waals surface area contributed by atoms with Crippen molar-refractivity contribution in [2.24, 2.45) is 11.1 Å². The fourth-order valence-electron chi connectivity index (χ4n) is 4.18. The van der Waals surface area contributed by atoms with Crippen LogP contribution in [0.2, 0.25) is 0 Å². The topological polar surface area (TPSA) is 139 Å². The summed E-state index contributed by atoms with van der Waals surface area (Å²) >= 11 is 0. The lowest BCUT2D eigenvalue weighted by Gasteiger charge is -2.41. The Bertz CT molecular complexity index is 866. The number of aliphatic carboxylic acids is 1. The molecule has 3 rings (SSSR count). The van der Waals surface area contributed by atoms with Gasteiger partial charge in [0.15, 0.2) is 11.5 Å². The number of rotatable bonds is 7. The molecule has 2 heterocycles. The quantitative estimate of drug-likeness (QED) is 0.553. The van der Waals surface area contributed by atoms with E-state index in [1.165, 1.54) is 20.4 Å². The Morgan fingerprint density at radius 3 is 2.54 bits per heavy atom. The molecule has 0 radical (unpaired) electrons. The Hall–Kier alpha value is -3.07. The molecule has 0 spiro atoms. The Morgan fingerprint density at radius 1 is 1.36 bits per heavy atom. The summed E-state index contributed by atoms with van der Waals surface area (Å²) in [5.74, 6) is -1.36. The largest absolute Gasteiger partial charge is 0.493 e. The third-order valence-electron chi connectivity index (χ3n) is 5.50. The zero-order valence-corrected chi connectivity index (χ0v) is 15.5. The number of amides is 1. The van der Waals surface area contributed by atoms with Crippen LogP contribution in [0.1, 0.15) is 23.6 Å². The second kappa shape index (κ2) is 7.16. The summed E-state index contributed by atoms with van der Waals surface area (Å²) in [6.45, 7) is 0.464. The molecule has 1 aromatic carbocycles. The minimum atomic E-state index is -1.67. The van der Waals surface area contributed by atoms with Crippen molar-refractivity contribution in [1.82, 2.24) is 4.90 Å². The Kier molecular flexibility index (Phi) is 5.03. The number of fused-ring (bicyclic) bond motifs is 3. The van der Waals surface area contributed by atoms with E-state index in [9.17, 15) is 24.6 Å². The number of aldehydes is 1. The van der Waals surface area contributed by atoms with Crippen molar-refractivity contribution in [2.75, 3.05) is 20.8 Å². The molecule has 1 amide bonds. The second-order valence-electron chi connectivity index (χ2n) is 6.92. The number of ether oxygens (including phenoxy) is 2. The summed E-state index contributed by atoms with van der Waals surface area (Å²) in [5, 5.41) is 19.8. The maximum absolute atomic E-state index is 12.3. The molecule has 0 saturated heterocycles. The number of aliphatic hydroxyl groups is 1. The van der Waals surface area contributed by atoms with Gasteiger partial charge in [0.2, 0.25) is 5.91 Å². The smallest absolute Gasteiger partial charge is 0.334 e. The van der Waals surface area contributed by atoms with Crippen LogP contribution in [0.15, 0.2) is 23.9 Å². The van der Waals surface area contributed by atoms with Gasteiger partial charge in [0, 0.05) is 19.2 Å². The van der Waals surface area contributed by atoms with Gasteiger partial charge in [-0.15, -0.1) is 0 Å². The number of nitrogens with two attached hydrogens (primary N) is 1. The second-order valence-corrected chi connectivity index (χ2v) is 6.92. The number of carboxylic acid groups (broad SMARTS) is 1. The number of carboxylic acids is 1. The lowest BCUT2D eigenvalue weighted by molar-refractivity contribution is -0.138. The average molecular weight is 390 g/mol. The summed E-state index contributed by atoms with van der Waals surface area (Å²) in [6.07, 6.45) is 0.407. The van der Waals surface area contributed by atoms with Crippen molar-refractivity contribution in [3.05, 3.63) is 35.0 Å². The molecular formula is C19H22N2O7. The average Bonchev–Trinajstić information content (AvgIpc) is 3.01. The molecule has 0 aromatic heterocycles. The van der Waals surface area contributed by atoms with Gasteiger partial charge < -0.3 is 35.1 Å². The van der Waals surface area contributed by atoms with Crippen LogP contribution < -0.4 is 15.2 Å².